The standard InChI is InChI=1S/C16H23N3O3.HI/c1-16(6-3-7-22-16)10-19-15(17-2)18-9-12-4-5-13-14(8-12)21-11-20-13;/h4-5,8H,3,6-7,9-11H2,1-2H3,(H2,17,18,19);1H. The van der Waals surface area contributed by atoms with E-state index in [4.69, 9.17) is 14.2 Å². The molecule has 2 aliphatic rings. The molecule has 2 aliphatic heterocycles. The first-order valence-electron chi connectivity index (χ1n) is 7.66. The summed E-state index contributed by atoms with van der Waals surface area (Å²) in [7, 11) is 1.77. The molecule has 128 valence electrons. The van der Waals surface area contributed by atoms with Gasteiger partial charge in [0.1, 0.15) is 0 Å². The van der Waals surface area contributed by atoms with Crippen LogP contribution in [-0.4, -0.2) is 38.6 Å². The first-order valence-corrected chi connectivity index (χ1v) is 7.66. The zero-order valence-corrected chi connectivity index (χ0v) is 15.9. The number of hydrogen-bond acceptors (Lipinski definition) is 4. The van der Waals surface area contributed by atoms with Crippen LogP contribution in [0.15, 0.2) is 23.2 Å². The average molecular weight is 433 g/mol. The molecular weight excluding hydrogens is 409 g/mol. The van der Waals surface area contributed by atoms with E-state index in [9.17, 15) is 0 Å². The van der Waals surface area contributed by atoms with Crippen LogP contribution in [0.25, 0.3) is 0 Å². The Labute approximate surface area is 154 Å². The van der Waals surface area contributed by atoms with Crippen molar-refractivity contribution >= 4 is 29.9 Å². The van der Waals surface area contributed by atoms with Crippen molar-refractivity contribution in [2.24, 2.45) is 4.99 Å². The van der Waals surface area contributed by atoms with Crippen LogP contribution in [-0.2, 0) is 11.3 Å². The Balaban J connectivity index is 0.00000192. The number of hydrogen-bond donors (Lipinski definition) is 2. The van der Waals surface area contributed by atoms with Crippen LogP contribution in [0.2, 0.25) is 0 Å². The fourth-order valence-electron chi connectivity index (χ4n) is 2.70. The van der Waals surface area contributed by atoms with Crippen molar-refractivity contribution in [3.05, 3.63) is 23.8 Å². The Morgan fingerprint density at radius 3 is 2.83 bits per heavy atom. The molecule has 1 unspecified atom stereocenters. The lowest BCUT2D eigenvalue weighted by Crippen LogP contribution is -2.45. The Morgan fingerprint density at radius 1 is 1.26 bits per heavy atom. The molecule has 2 N–H and O–H groups in total. The van der Waals surface area contributed by atoms with Gasteiger partial charge in [-0.15, -0.1) is 24.0 Å². The topological polar surface area (TPSA) is 64.1 Å². The predicted octanol–water partition coefficient (Wildman–Crippen LogP) is 2.27. The highest BCUT2D eigenvalue weighted by Crippen LogP contribution is 2.32. The Hall–Kier alpha value is -1.22. The van der Waals surface area contributed by atoms with Gasteiger partial charge in [0.15, 0.2) is 17.5 Å². The SMILES string of the molecule is CN=C(NCc1ccc2c(c1)OCO2)NCC1(C)CCCO1.I. The lowest BCUT2D eigenvalue weighted by Gasteiger charge is -2.24. The Kier molecular flexibility index (Phi) is 6.34. The summed E-state index contributed by atoms with van der Waals surface area (Å²) in [4.78, 5) is 4.25. The van der Waals surface area contributed by atoms with Gasteiger partial charge in [-0.25, -0.2) is 0 Å². The fraction of sp³-hybridized carbons (Fsp3) is 0.562. The van der Waals surface area contributed by atoms with E-state index in [1.165, 1.54) is 0 Å². The quantitative estimate of drug-likeness (QED) is 0.434. The number of rotatable bonds is 4. The molecule has 6 nitrogen and oxygen atoms in total. The van der Waals surface area contributed by atoms with Crippen molar-refractivity contribution in [1.29, 1.82) is 0 Å². The fourth-order valence-corrected chi connectivity index (χ4v) is 2.70. The van der Waals surface area contributed by atoms with Crippen LogP contribution in [0, 0.1) is 0 Å². The predicted molar refractivity (Wildman–Crippen MR) is 99.8 cm³/mol. The summed E-state index contributed by atoms with van der Waals surface area (Å²) >= 11 is 0. The molecular formula is C16H24IN3O3. The van der Waals surface area contributed by atoms with E-state index in [-0.39, 0.29) is 29.6 Å². The van der Waals surface area contributed by atoms with E-state index < -0.39 is 0 Å². The number of ether oxygens (including phenoxy) is 3. The number of guanidine groups is 1. The third kappa shape index (κ3) is 4.63. The second-order valence-corrected chi connectivity index (χ2v) is 5.87. The molecule has 1 atom stereocenters. The molecule has 0 radical (unpaired) electrons. The van der Waals surface area contributed by atoms with Gasteiger partial charge >= 0.3 is 0 Å². The van der Waals surface area contributed by atoms with Crippen molar-refractivity contribution < 1.29 is 14.2 Å². The number of fused-ring (bicyclic) bond motifs is 1. The average Bonchev–Trinajstić information content (AvgIpc) is 3.16. The minimum atomic E-state index is -0.0869. The van der Waals surface area contributed by atoms with Gasteiger partial charge in [0, 0.05) is 26.7 Å². The Morgan fingerprint density at radius 2 is 2.09 bits per heavy atom. The molecule has 0 saturated carbocycles. The second-order valence-electron chi connectivity index (χ2n) is 5.87. The minimum absolute atomic E-state index is 0. The van der Waals surface area contributed by atoms with Gasteiger partial charge in [-0.3, -0.25) is 4.99 Å². The van der Waals surface area contributed by atoms with Gasteiger partial charge < -0.3 is 24.8 Å². The molecule has 1 fully saturated rings. The summed E-state index contributed by atoms with van der Waals surface area (Å²) in [5.74, 6) is 2.38. The first-order chi connectivity index (χ1) is 10.7. The molecule has 0 aliphatic carbocycles. The van der Waals surface area contributed by atoms with Gasteiger partial charge in [-0.1, -0.05) is 6.07 Å². The van der Waals surface area contributed by atoms with E-state index in [1.54, 1.807) is 7.05 Å². The molecule has 0 spiro atoms. The summed E-state index contributed by atoms with van der Waals surface area (Å²) in [6, 6.07) is 5.95. The smallest absolute Gasteiger partial charge is 0.231 e. The number of benzene rings is 1. The highest BCUT2D eigenvalue weighted by Gasteiger charge is 2.29. The third-order valence-electron chi connectivity index (χ3n) is 4.05. The van der Waals surface area contributed by atoms with Crippen LogP contribution < -0.4 is 20.1 Å². The minimum Gasteiger partial charge on any atom is -0.454 e. The van der Waals surface area contributed by atoms with E-state index in [2.05, 4.69) is 22.5 Å². The molecule has 0 amide bonds. The van der Waals surface area contributed by atoms with Crippen molar-refractivity contribution in [2.45, 2.75) is 31.9 Å². The molecule has 2 heterocycles. The van der Waals surface area contributed by atoms with Gasteiger partial charge in [-0.05, 0) is 37.5 Å². The lowest BCUT2D eigenvalue weighted by atomic mass is 10.0. The number of nitrogens with one attached hydrogen (secondary N) is 2. The second kappa shape index (κ2) is 8.05. The van der Waals surface area contributed by atoms with Gasteiger partial charge in [0.05, 0.1) is 5.60 Å². The van der Waals surface area contributed by atoms with Crippen LogP contribution in [0.4, 0.5) is 0 Å². The Bertz CT molecular complexity index is 560. The summed E-state index contributed by atoms with van der Waals surface area (Å²) in [5, 5.41) is 6.64. The number of nitrogens with zero attached hydrogens (tertiary/aromatic N) is 1. The van der Waals surface area contributed by atoms with Crippen LogP contribution in [0.1, 0.15) is 25.3 Å². The zero-order valence-electron chi connectivity index (χ0n) is 13.6. The monoisotopic (exact) mass is 433 g/mol. The van der Waals surface area contributed by atoms with Crippen LogP contribution in [0.3, 0.4) is 0 Å². The highest BCUT2D eigenvalue weighted by atomic mass is 127. The van der Waals surface area contributed by atoms with Gasteiger partial charge in [0.25, 0.3) is 0 Å². The van der Waals surface area contributed by atoms with Gasteiger partial charge in [-0.2, -0.15) is 0 Å². The maximum atomic E-state index is 5.77. The summed E-state index contributed by atoms with van der Waals surface area (Å²) < 4.78 is 16.5. The maximum Gasteiger partial charge on any atom is 0.231 e. The molecule has 3 rings (SSSR count). The molecule has 23 heavy (non-hydrogen) atoms. The third-order valence-corrected chi connectivity index (χ3v) is 4.05. The number of aliphatic imine (C=N–C) groups is 1. The maximum absolute atomic E-state index is 5.77. The van der Waals surface area contributed by atoms with Crippen molar-refractivity contribution in [2.75, 3.05) is 27.0 Å². The highest BCUT2D eigenvalue weighted by molar-refractivity contribution is 14.0. The van der Waals surface area contributed by atoms with Crippen molar-refractivity contribution in [3.8, 4) is 11.5 Å². The molecule has 1 aromatic rings. The van der Waals surface area contributed by atoms with Gasteiger partial charge in [0.2, 0.25) is 6.79 Å². The van der Waals surface area contributed by atoms with E-state index in [1.807, 2.05) is 18.2 Å². The van der Waals surface area contributed by atoms with Crippen molar-refractivity contribution in [3.63, 3.8) is 0 Å². The van der Waals surface area contributed by atoms with Crippen LogP contribution >= 0.6 is 24.0 Å². The largest absolute Gasteiger partial charge is 0.454 e. The van der Waals surface area contributed by atoms with E-state index in [0.717, 1.165) is 49.0 Å². The molecule has 0 bridgehead atoms. The summed E-state index contributed by atoms with van der Waals surface area (Å²) in [6.45, 7) is 4.72. The normalized spacial score (nSPS) is 22.6. The van der Waals surface area contributed by atoms with E-state index in [0.29, 0.717) is 13.3 Å². The zero-order chi connectivity index (χ0) is 15.4. The van der Waals surface area contributed by atoms with Crippen LogP contribution in [0.5, 0.6) is 11.5 Å². The number of halogens is 1. The summed E-state index contributed by atoms with van der Waals surface area (Å²) in [5.41, 5.74) is 1.03. The first kappa shape index (κ1) is 18.1. The summed E-state index contributed by atoms with van der Waals surface area (Å²) in [6.07, 6.45) is 2.21. The van der Waals surface area contributed by atoms with E-state index >= 15 is 0 Å². The lowest BCUT2D eigenvalue weighted by molar-refractivity contribution is 0.0243. The molecule has 0 aromatic heterocycles. The molecule has 1 saturated heterocycles. The van der Waals surface area contributed by atoms with Crippen molar-refractivity contribution in [1.82, 2.24) is 10.6 Å². The molecule has 7 heteroatoms. The molecule has 1 aromatic carbocycles.